The molecule has 0 saturated carbocycles. The van der Waals surface area contributed by atoms with Crippen molar-refractivity contribution in [1.29, 1.82) is 0 Å². The van der Waals surface area contributed by atoms with E-state index in [1.54, 1.807) is 7.05 Å². The molecule has 11 heavy (non-hydrogen) atoms. The summed E-state index contributed by atoms with van der Waals surface area (Å²) in [7, 11) is 3.04. The first-order valence-corrected chi connectivity index (χ1v) is 3.39. The minimum Gasteiger partial charge on any atom is -0.369 e. The van der Waals surface area contributed by atoms with Crippen molar-refractivity contribution in [1.82, 2.24) is 4.90 Å². The molecule has 0 spiro atoms. The minimum absolute atomic E-state index is 0.0287. The fourth-order valence-corrected chi connectivity index (χ4v) is 1.31. The van der Waals surface area contributed by atoms with Crippen LogP contribution in [0.5, 0.6) is 0 Å². The van der Waals surface area contributed by atoms with Crippen LogP contribution in [0.25, 0.3) is 0 Å². The lowest BCUT2D eigenvalue weighted by atomic mass is 9.96. The zero-order valence-electron chi connectivity index (χ0n) is 6.83. The van der Waals surface area contributed by atoms with E-state index in [2.05, 4.69) is 0 Å². The number of rotatable bonds is 2. The second-order valence-corrected chi connectivity index (χ2v) is 2.66. The summed E-state index contributed by atoms with van der Waals surface area (Å²) < 4.78 is 4.83. The van der Waals surface area contributed by atoms with Crippen molar-refractivity contribution in [3.05, 3.63) is 0 Å². The Hall–Kier alpha value is -0.900. The van der Waals surface area contributed by atoms with E-state index in [1.165, 1.54) is 18.9 Å². The molecule has 1 amide bonds. The SMILES string of the molecule is CO[C@@H]1C(=O)N(C)[C@@H]1C(C)=O. The number of Topliss-reactive ketones (excluding diaryl/α,β-unsaturated/α-hetero) is 1. The molecular formula is C7H11NO3. The molecule has 1 saturated heterocycles. The molecule has 0 radical (unpaired) electrons. The van der Waals surface area contributed by atoms with Crippen LogP contribution in [0.3, 0.4) is 0 Å². The van der Waals surface area contributed by atoms with Crippen LogP contribution >= 0.6 is 0 Å². The largest absolute Gasteiger partial charge is 0.369 e. The van der Waals surface area contributed by atoms with E-state index < -0.39 is 6.10 Å². The number of nitrogens with zero attached hydrogens (tertiary/aromatic N) is 1. The number of carbonyl (C=O) groups excluding carboxylic acids is 2. The Morgan fingerprint density at radius 3 is 2.45 bits per heavy atom. The quantitative estimate of drug-likeness (QED) is 0.504. The molecule has 1 fully saturated rings. The van der Waals surface area contributed by atoms with Crippen LogP contribution in [-0.4, -0.2) is 42.9 Å². The summed E-state index contributed by atoms with van der Waals surface area (Å²) in [5.74, 6) is -0.147. The maximum atomic E-state index is 11.0. The van der Waals surface area contributed by atoms with Gasteiger partial charge in [0.2, 0.25) is 0 Å². The molecule has 0 bridgehead atoms. The van der Waals surface area contributed by atoms with Crippen molar-refractivity contribution < 1.29 is 14.3 Å². The summed E-state index contributed by atoms with van der Waals surface area (Å²) in [6.07, 6.45) is -0.544. The Morgan fingerprint density at radius 2 is 2.18 bits per heavy atom. The Morgan fingerprint density at radius 1 is 1.64 bits per heavy atom. The Kier molecular flexibility index (Phi) is 1.95. The number of hydrogen-bond acceptors (Lipinski definition) is 3. The molecule has 4 heteroatoms. The predicted molar refractivity (Wildman–Crippen MR) is 38.0 cm³/mol. The van der Waals surface area contributed by atoms with Crippen molar-refractivity contribution in [3.63, 3.8) is 0 Å². The molecule has 1 rings (SSSR count). The summed E-state index contributed by atoms with van der Waals surface area (Å²) in [4.78, 5) is 23.2. The first kappa shape index (κ1) is 8.20. The molecule has 0 unspecified atom stereocenters. The number of hydrogen-bond donors (Lipinski definition) is 0. The van der Waals surface area contributed by atoms with Crippen molar-refractivity contribution in [2.75, 3.05) is 14.2 Å². The number of β-lactam (4-membered cyclic amide) rings is 1. The van der Waals surface area contributed by atoms with Crippen molar-refractivity contribution in [2.24, 2.45) is 0 Å². The number of amides is 1. The number of likely N-dealkylation sites (N-methyl/N-ethyl adjacent to an activating group) is 1. The highest BCUT2D eigenvalue weighted by molar-refractivity contribution is 6.00. The van der Waals surface area contributed by atoms with Gasteiger partial charge < -0.3 is 9.64 Å². The third kappa shape index (κ3) is 1.03. The number of carbonyl (C=O) groups is 2. The van der Waals surface area contributed by atoms with Gasteiger partial charge in [0.15, 0.2) is 11.9 Å². The summed E-state index contributed by atoms with van der Waals surface area (Å²) in [5.41, 5.74) is 0. The molecule has 1 aliphatic heterocycles. The first-order chi connectivity index (χ1) is 5.09. The standard InChI is InChI=1S/C7H11NO3/c1-4(9)5-6(11-3)7(10)8(5)2/h5-6H,1-3H3/t5-,6+/m1/s1. The maximum absolute atomic E-state index is 11.0. The van der Waals surface area contributed by atoms with Gasteiger partial charge in [0.05, 0.1) is 0 Å². The van der Waals surface area contributed by atoms with Gasteiger partial charge in [-0.25, -0.2) is 0 Å². The molecule has 0 aromatic rings. The maximum Gasteiger partial charge on any atom is 0.254 e. The molecule has 4 nitrogen and oxygen atoms in total. The van der Waals surface area contributed by atoms with E-state index in [0.717, 1.165) is 0 Å². The minimum atomic E-state index is -0.544. The number of ether oxygens (including phenoxy) is 1. The van der Waals surface area contributed by atoms with Crippen LogP contribution in [-0.2, 0) is 14.3 Å². The van der Waals surface area contributed by atoms with Crippen LogP contribution in [0.1, 0.15) is 6.92 Å². The van der Waals surface area contributed by atoms with Gasteiger partial charge in [-0.05, 0) is 6.92 Å². The molecule has 0 aliphatic carbocycles. The fraction of sp³-hybridized carbons (Fsp3) is 0.714. The lowest BCUT2D eigenvalue weighted by molar-refractivity contribution is -0.171. The molecule has 0 N–H and O–H groups in total. The van der Waals surface area contributed by atoms with Crippen molar-refractivity contribution in [3.8, 4) is 0 Å². The number of likely N-dealkylation sites (tertiary alicyclic amines) is 1. The monoisotopic (exact) mass is 157 g/mol. The molecule has 0 aromatic carbocycles. The molecule has 1 aliphatic rings. The smallest absolute Gasteiger partial charge is 0.254 e. The van der Waals surface area contributed by atoms with Gasteiger partial charge >= 0.3 is 0 Å². The topological polar surface area (TPSA) is 46.6 Å². The Bertz CT molecular complexity index is 202. The van der Waals surface area contributed by atoms with Gasteiger partial charge in [-0.3, -0.25) is 9.59 Å². The highest BCUT2D eigenvalue weighted by atomic mass is 16.5. The third-order valence-corrected chi connectivity index (χ3v) is 1.97. The van der Waals surface area contributed by atoms with E-state index >= 15 is 0 Å². The average molecular weight is 157 g/mol. The average Bonchev–Trinajstić information content (AvgIpc) is 1.96. The molecule has 1 heterocycles. The van der Waals surface area contributed by atoms with E-state index in [0.29, 0.717) is 0 Å². The molecule has 2 atom stereocenters. The van der Waals surface area contributed by atoms with Crippen molar-refractivity contribution >= 4 is 11.7 Å². The second kappa shape index (κ2) is 2.62. The first-order valence-electron chi connectivity index (χ1n) is 3.39. The molecule has 0 aromatic heterocycles. The number of ketones is 1. The third-order valence-electron chi connectivity index (χ3n) is 1.97. The highest BCUT2D eigenvalue weighted by Gasteiger charge is 2.47. The van der Waals surface area contributed by atoms with Crippen LogP contribution in [0, 0.1) is 0 Å². The van der Waals surface area contributed by atoms with Crippen LogP contribution < -0.4 is 0 Å². The van der Waals surface area contributed by atoms with E-state index in [-0.39, 0.29) is 17.7 Å². The van der Waals surface area contributed by atoms with Crippen molar-refractivity contribution in [2.45, 2.75) is 19.1 Å². The summed E-state index contributed by atoms with van der Waals surface area (Å²) in [6.45, 7) is 1.46. The fourth-order valence-electron chi connectivity index (χ4n) is 1.31. The zero-order chi connectivity index (χ0) is 8.59. The van der Waals surface area contributed by atoms with Gasteiger partial charge in [-0.2, -0.15) is 0 Å². The zero-order valence-corrected chi connectivity index (χ0v) is 6.83. The van der Waals surface area contributed by atoms with Crippen LogP contribution in [0.2, 0.25) is 0 Å². The van der Waals surface area contributed by atoms with Crippen LogP contribution in [0.15, 0.2) is 0 Å². The Labute approximate surface area is 65.1 Å². The van der Waals surface area contributed by atoms with E-state index in [9.17, 15) is 9.59 Å². The molecule has 62 valence electrons. The summed E-state index contributed by atoms with van der Waals surface area (Å²) in [6, 6.07) is -0.368. The van der Waals surface area contributed by atoms with Gasteiger partial charge in [-0.1, -0.05) is 0 Å². The summed E-state index contributed by atoms with van der Waals surface area (Å²) >= 11 is 0. The van der Waals surface area contributed by atoms with Gasteiger partial charge in [0, 0.05) is 14.2 Å². The van der Waals surface area contributed by atoms with E-state index in [4.69, 9.17) is 4.74 Å². The van der Waals surface area contributed by atoms with Gasteiger partial charge in [0.25, 0.3) is 5.91 Å². The number of methoxy groups -OCH3 is 1. The Balaban J connectivity index is 2.67. The lowest BCUT2D eigenvalue weighted by Gasteiger charge is -2.42. The van der Waals surface area contributed by atoms with Gasteiger partial charge in [-0.15, -0.1) is 0 Å². The van der Waals surface area contributed by atoms with Crippen LogP contribution in [0.4, 0.5) is 0 Å². The highest BCUT2D eigenvalue weighted by Crippen LogP contribution is 2.20. The predicted octanol–water partition coefficient (Wildman–Crippen LogP) is -0.569. The van der Waals surface area contributed by atoms with Gasteiger partial charge in [0.1, 0.15) is 6.04 Å². The van der Waals surface area contributed by atoms with E-state index in [1.807, 2.05) is 0 Å². The normalized spacial score (nSPS) is 30.1. The molecular weight excluding hydrogens is 146 g/mol. The summed E-state index contributed by atoms with van der Waals surface area (Å²) in [5, 5.41) is 0. The second-order valence-electron chi connectivity index (χ2n) is 2.66. The lowest BCUT2D eigenvalue weighted by Crippen LogP contribution is -2.66.